The van der Waals surface area contributed by atoms with Gasteiger partial charge in [-0.15, -0.1) is 0 Å². The van der Waals surface area contributed by atoms with Crippen molar-refractivity contribution in [1.29, 1.82) is 0 Å². The van der Waals surface area contributed by atoms with Gasteiger partial charge in [0.05, 0.1) is 19.3 Å². The Balaban J connectivity index is 1.66. The third-order valence-corrected chi connectivity index (χ3v) is 3.55. The lowest BCUT2D eigenvalue weighted by Gasteiger charge is -2.31. The van der Waals surface area contributed by atoms with Crippen LogP contribution in [0.5, 0.6) is 0 Å². The number of nitrogens with zero attached hydrogens (tertiary/aromatic N) is 1. The molecule has 1 heterocycles. The summed E-state index contributed by atoms with van der Waals surface area (Å²) >= 11 is 0. The summed E-state index contributed by atoms with van der Waals surface area (Å²) in [5, 5.41) is 0. The Kier molecular flexibility index (Phi) is 6.50. The van der Waals surface area contributed by atoms with Crippen LogP contribution in [0.3, 0.4) is 0 Å². The van der Waals surface area contributed by atoms with Crippen LogP contribution in [0.2, 0.25) is 0 Å². The average molecular weight is 293 g/mol. The van der Waals surface area contributed by atoms with Crippen molar-refractivity contribution >= 4 is 6.09 Å². The van der Waals surface area contributed by atoms with E-state index < -0.39 is 0 Å². The molecule has 1 saturated heterocycles. The van der Waals surface area contributed by atoms with Gasteiger partial charge in [-0.3, -0.25) is 0 Å². The lowest BCUT2D eigenvalue weighted by Crippen LogP contribution is -2.41. The van der Waals surface area contributed by atoms with Gasteiger partial charge >= 0.3 is 6.09 Å². The lowest BCUT2D eigenvalue weighted by atomic mass is 10.1. The van der Waals surface area contributed by atoms with Crippen LogP contribution in [0, 0.1) is 0 Å². The first-order valence-corrected chi connectivity index (χ1v) is 7.36. The summed E-state index contributed by atoms with van der Waals surface area (Å²) in [6.45, 7) is 2.92. The second-order valence-corrected chi connectivity index (χ2v) is 5.09. The smallest absolute Gasteiger partial charge is 0.410 e. The van der Waals surface area contributed by atoms with Crippen LogP contribution >= 0.6 is 0 Å². The standard InChI is InChI=1S/C16H23NO4/c1-19-11-12-20-15-7-9-17(10-8-15)16(18)21-13-14-5-3-2-4-6-14/h2-6,15H,7-13H2,1H3. The average Bonchev–Trinajstić information content (AvgIpc) is 2.54. The highest BCUT2D eigenvalue weighted by molar-refractivity contribution is 5.67. The molecule has 0 spiro atoms. The number of methoxy groups -OCH3 is 1. The highest BCUT2D eigenvalue weighted by Crippen LogP contribution is 2.15. The van der Waals surface area contributed by atoms with Crippen molar-refractivity contribution in [3.05, 3.63) is 35.9 Å². The Labute approximate surface area is 125 Å². The zero-order chi connectivity index (χ0) is 14.9. The van der Waals surface area contributed by atoms with Gasteiger partial charge in [0.15, 0.2) is 0 Å². The van der Waals surface area contributed by atoms with Crippen LogP contribution in [0.1, 0.15) is 18.4 Å². The number of likely N-dealkylation sites (tertiary alicyclic amines) is 1. The van der Waals surface area contributed by atoms with E-state index in [-0.39, 0.29) is 12.2 Å². The maximum Gasteiger partial charge on any atom is 0.410 e. The Morgan fingerprint density at radius 1 is 1.19 bits per heavy atom. The minimum atomic E-state index is -0.241. The van der Waals surface area contributed by atoms with E-state index in [4.69, 9.17) is 14.2 Å². The highest BCUT2D eigenvalue weighted by atomic mass is 16.6. The maximum absolute atomic E-state index is 12.0. The van der Waals surface area contributed by atoms with E-state index in [1.54, 1.807) is 12.0 Å². The van der Waals surface area contributed by atoms with Crippen molar-refractivity contribution in [3.63, 3.8) is 0 Å². The SMILES string of the molecule is COCCOC1CCN(C(=O)OCc2ccccc2)CC1. The van der Waals surface area contributed by atoms with Crippen molar-refractivity contribution in [2.45, 2.75) is 25.6 Å². The van der Waals surface area contributed by atoms with E-state index in [1.165, 1.54) is 0 Å². The van der Waals surface area contributed by atoms with E-state index in [0.717, 1.165) is 18.4 Å². The second kappa shape index (κ2) is 8.64. The fourth-order valence-corrected chi connectivity index (χ4v) is 2.31. The molecule has 0 aromatic heterocycles. The number of hydrogen-bond donors (Lipinski definition) is 0. The molecule has 1 aromatic carbocycles. The molecule has 5 heteroatoms. The molecule has 0 aliphatic carbocycles. The van der Waals surface area contributed by atoms with Gasteiger partial charge in [0.1, 0.15) is 6.61 Å². The molecule has 0 N–H and O–H groups in total. The molecule has 1 aliphatic rings. The van der Waals surface area contributed by atoms with E-state index in [1.807, 2.05) is 30.3 Å². The van der Waals surface area contributed by atoms with Crippen molar-refractivity contribution in [1.82, 2.24) is 4.90 Å². The van der Waals surface area contributed by atoms with E-state index in [9.17, 15) is 4.79 Å². The topological polar surface area (TPSA) is 48.0 Å². The number of carbonyl (C=O) groups excluding carboxylic acids is 1. The van der Waals surface area contributed by atoms with Crippen LogP contribution in [0.4, 0.5) is 4.79 Å². The molecular formula is C16H23NO4. The zero-order valence-electron chi connectivity index (χ0n) is 12.5. The zero-order valence-corrected chi connectivity index (χ0v) is 12.5. The molecule has 0 saturated carbocycles. The first-order valence-electron chi connectivity index (χ1n) is 7.36. The molecule has 1 aromatic rings. The number of ether oxygens (including phenoxy) is 3. The fourth-order valence-electron chi connectivity index (χ4n) is 2.31. The number of amides is 1. The molecule has 0 atom stereocenters. The number of rotatable bonds is 6. The van der Waals surface area contributed by atoms with E-state index in [0.29, 0.717) is 32.9 Å². The van der Waals surface area contributed by atoms with Gasteiger partial charge in [0.25, 0.3) is 0 Å². The van der Waals surface area contributed by atoms with E-state index >= 15 is 0 Å². The van der Waals surface area contributed by atoms with Crippen molar-refractivity contribution in [3.8, 4) is 0 Å². The summed E-state index contributed by atoms with van der Waals surface area (Å²) in [6.07, 6.45) is 1.68. The summed E-state index contributed by atoms with van der Waals surface area (Å²) in [6, 6.07) is 9.71. The summed E-state index contributed by atoms with van der Waals surface area (Å²) in [5.74, 6) is 0. The van der Waals surface area contributed by atoms with Gasteiger partial charge in [-0.05, 0) is 18.4 Å². The molecule has 116 valence electrons. The van der Waals surface area contributed by atoms with Crippen molar-refractivity contribution in [2.75, 3.05) is 33.4 Å². The molecule has 21 heavy (non-hydrogen) atoms. The molecule has 2 rings (SSSR count). The predicted molar refractivity (Wildman–Crippen MR) is 79.1 cm³/mol. The highest BCUT2D eigenvalue weighted by Gasteiger charge is 2.24. The van der Waals surface area contributed by atoms with Gasteiger partial charge in [0, 0.05) is 20.2 Å². The summed E-state index contributed by atoms with van der Waals surface area (Å²) in [7, 11) is 1.66. The van der Waals surface area contributed by atoms with E-state index in [2.05, 4.69) is 0 Å². The minimum absolute atomic E-state index is 0.221. The maximum atomic E-state index is 12.0. The Morgan fingerprint density at radius 3 is 2.57 bits per heavy atom. The van der Waals surface area contributed by atoms with Gasteiger partial charge in [-0.1, -0.05) is 30.3 Å². The first-order chi connectivity index (χ1) is 10.3. The Morgan fingerprint density at radius 2 is 1.90 bits per heavy atom. The molecule has 1 fully saturated rings. The van der Waals surface area contributed by atoms with Crippen LogP contribution in [0.15, 0.2) is 30.3 Å². The minimum Gasteiger partial charge on any atom is -0.445 e. The lowest BCUT2D eigenvalue weighted by molar-refractivity contribution is -0.0151. The monoisotopic (exact) mass is 293 g/mol. The van der Waals surface area contributed by atoms with Gasteiger partial charge in [-0.2, -0.15) is 0 Å². The summed E-state index contributed by atoms with van der Waals surface area (Å²) in [4.78, 5) is 13.7. The first kappa shape index (κ1) is 15.8. The van der Waals surface area contributed by atoms with Crippen molar-refractivity contribution in [2.24, 2.45) is 0 Å². The van der Waals surface area contributed by atoms with Crippen LogP contribution < -0.4 is 0 Å². The predicted octanol–water partition coefficient (Wildman–Crippen LogP) is 2.45. The number of carbonyl (C=O) groups is 1. The second-order valence-electron chi connectivity index (χ2n) is 5.09. The largest absolute Gasteiger partial charge is 0.445 e. The quantitative estimate of drug-likeness (QED) is 0.756. The molecule has 1 amide bonds. The third kappa shape index (κ3) is 5.36. The molecule has 0 bridgehead atoms. The molecule has 1 aliphatic heterocycles. The fraction of sp³-hybridized carbons (Fsp3) is 0.562. The number of piperidine rings is 1. The van der Waals surface area contributed by atoms with Gasteiger partial charge < -0.3 is 19.1 Å². The Hall–Kier alpha value is -1.59. The van der Waals surface area contributed by atoms with Crippen LogP contribution in [-0.4, -0.2) is 50.5 Å². The number of hydrogen-bond acceptors (Lipinski definition) is 4. The molecule has 0 unspecified atom stereocenters. The van der Waals surface area contributed by atoms with Crippen LogP contribution in [0.25, 0.3) is 0 Å². The molecular weight excluding hydrogens is 270 g/mol. The number of benzene rings is 1. The molecule has 0 radical (unpaired) electrons. The Bertz CT molecular complexity index is 416. The van der Waals surface area contributed by atoms with Crippen LogP contribution in [-0.2, 0) is 20.8 Å². The third-order valence-electron chi connectivity index (χ3n) is 3.55. The van der Waals surface area contributed by atoms with Crippen molar-refractivity contribution < 1.29 is 19.0 Å². The summed E-state index contributed by atoms with van der Waals surface area (Å²) in [5.41, 5.74) is 1.00. The normalized spacial score (nSPS) is 16.0. The van der Waals surface area contributed by atoms with Gasteiger partial charge in [0.2, 0.25) is 0 Å². The summed E-state index contributed by atoms with van der Waals surface area (Å²) < 4.78 is 16.0. The van der Waals surface area contributed by atoms with Gasteiger partial charge in [-0.25, -0.2) is 4.79 Å². The molecule has 5 nitrogen and oxygen atoms in total.